The zero-order valence-corrected chi connectivity index (χ0v) is 7.71. The second-order valence-electron chi connectivity index (χ2n) is 2.61. The van der Waals surface area contributed by atoms with Gasteiger partial charge in [-0.25, -0.2) is 4.98 Å². The van der Waals surface area contributed by atoms with Crippen molar-refractivity contribution in [2.75, 3.05) is 0 Å². The second kappa shape index (κ2) is 3.50. The lowest BCUT2D eigenvalue weighted by molar-refractivity contribution is 0.995. The Hall–Kier alpha value is -1.47. The van der Waals surface area contributed by atoms with Crippen molar-refractivity contribution in [3.8, 4) is 6.07 Å². The fourth-order valence-corrected chi connectivity index (χ4v) is 2.03. The van der Waals surface area contributed by atoms with E-state index in [1.54, 1.807) is 23.7 Å². The lowest BCUT2D eigenvalue weighted by atomic mass is 10.3. The molecule has 0 aliphatic carbocycles. The molecule has 2 aromatic rings. The number of pyridine rings is 1. The first-order chi connectivity index (χ1) is 6.40. The van der Waals surface area contributed by atoms with Crippen molar-refractivity contribution in [1.82, 2.24) is 9.97 Å². The topological polar surface area (TPSA) is 49.6 Å². The lowest BCUT2D eigenvalue weighted by Gasteiger charge is -1.83. The summed E-state index contributed by atoms with van der Waals surface area (Å²) in [6, 6.07) is 4.06. The van der Waals surface area contributed by atoms with Crippen LogP contribution in [0.5, 0.6) is 0 Å². The molecule has 4 heteroatoms. The molecule has 0 amide bonds. The molecule has 0 fully saturated rings. The lowest BCUT2D eigenvalue weighted by Crippen LogP contribution is -1.80. The molecule has 2 heterocycles. The monoisotopic (exact) mass is 189 g/mol. The molecular formula is C9H7N3S. The van der Waals surface area contributed by atoms with E-state index in [0.29, 0.717) is 6.42 Å². The van der Waals surface area contributed by atoms with Gasteiger partial charge < -0.3 is 0 Å². The van der Waals surface area contributed by atoms with Crippen LogP contribution in [-0.4, -0.2) is 9.97 Å². The highest BCUT2D eigenvalue weighted by atomic mass is 32.1. The standard InChI is InChI=1S/C9H7N3S/c10-4-1-2-9-12-7-6-11-5-3-8(7)13-9/h3,5-6H,1-2H2. The molecule has 2 aromatic heterocycles. The summed E-state index contributed by atoms with van der Waals surface area (Å²) in [5.41, 5.74) is 0.931. The van der Waals surface area contributed by atoms with Gasteiger partial charge in [0.2, 0.25) is 0 Å². The van der Waals surface area contributed by atoms with E-state index in [2.05, 4.69) is 16.0 Å². The highest BCUT2D eigenvalue weighted by Crippen LogP contribution is 2.21. The van der Waals surface area contributed by atoms with Gasteiger partial charge in [0.15, 0.2) is 0 Å². The average molecular weight is 189 g/mol. The molecule has 0 aliphatic rings. The predicted molar refractivity (Wildman–Crippen MR) is 51.3 cm³/mol. The van der Waals surface area contributed by atoms with E-state index in [0.717, 1.165) is 21.6 Å². The van der Waals surface area contributed by atoms with Crippen LogP contribution in [-0.2, 0) is 6.42 Å². The third-order valence-electron chi connectivity index (χ3n) is 1.68. The van der Waals surface area contributed by atoms with Crippen LogP contribution >= 0.6 is 11.3 Å². The minimum atomic E-state index is 0.535. The molecular weight excluding hydrogens is 182 g/mol. The van der Waals surface area contributed by atoms with E-state index in [1.807, 2.05) is 6.07 Å². The van der Waals surface area contributed by atoms with Crippen molar-refractivity contribution in [2.45, 2.75) is 12.8 Å². The van der Waals surface area contributed by atoms with Gasteiger partial charge in [0.05, 0.1) is 27.5 Å². The maximum absolute atomic E-state index is 8.42. The molecule has 0 saturated carbocycles. The summed E-state index contributed by atoms with van der Waals surface area (Å²) < 4.78 is 1.14. The summed E-state index contributed by atoms with van der Waals surface area (Å²) in [4.78, 5) is 8.34. The largest absolute Gasteiger partial charge is 0.262 e. The van der Waals surface area contributed by atoms with E-state index in [4.69, 9.17) is 5.26 Å². The van der Waals surface area contributed by atoms with Crippen molar-refractivity contribution in [3.63, 3.8) is 0 Å². The average Bonchev–Trinajstić information content (AvgIpc) is 2.57. The van der Waals surface area contributed by atoms with Crippen molar-refractivity contribution >= 4 is 21.6 Å². The first kappa shape index (κ1) is 8.14. The number of aromatic nitrogens is 2. The van der Waals surface area contributed by atoms with Crippen LogP contribution in [0.25, 0.3) is 10.2 Å². The Bertz CT molecular complexity index is 422. The van der Waals surface area contributed by atoms with Crippen molar-refractivity contribution < 1.29 is 0 Å². The SMILES string of the molecule is N#CCCc1nc2cnccc2s1. The number of nitrogens with zero attached hydrogens (tertiary/aromatic N) is 3. The molecule has 0 aliphatic heterocycles. The smallest absolute Gasteiger partial charge is 0.0998 e. The van der Waals surface area contributed by atoms with Gasteiger partial charge in [-0.3, -0.25) is 4.98 Å². The number of hydrogen-bond acceptors (Lipinski definition) is 4. The minimum Gasteiger partial charge on any atom is -0.262 e. The predicted octanol–water partition coefficient (Wildman–Crippen LogP) is 2.15. The highest BCUT2D eigenvalue weighted by Gasteiger charge is 2.01. The number of rotatable bonds is 2. The van der Waals surface area contributed by atoms with E-state index in [1.165, 1.54) is 0 Å². The molecule has 0 spiro atoms. The zero-order chi connectivity index (χ0) is 9.10. The van der Waals surface area contributed by atoms with Crippen LogP contribution in [0.1, 0.15) is 11.4 Å². The molecule has 0 bridgehead atoms. The van der Waals surface area contributed by atoms with Crippen LogP contribution in [0.2, 0.25) is 0 Å². The molecule has 3 nitrogen and oxygen atoms in total. The highest BCUT2D eigenvalue weighted by molar-refractivity contribution is 7.18. The van der Waals surface area contributed by atoms with E-state index in [-0.39, 0.29) is 0 Å². The molecule has 64 valence electrons. The Morgan fingerprint density at radius 3 is 3.23 bits per heavy atom. The van der Waals surface area contributed by atoms with Gasteiger partial charge in [-0.05, 0) is 6.07 Å². The van der Waals surface area contributed by atoms with Gasteiger partial charge in [0, 0.05) is 19.0 Å². The summed E-state index contributed by atoms with van der Waals surface area (Å²) in [5, 5.41) is 9.44. The number of fused-ring (bicyclic) bond motifs is 1. The molecule has 0 radical (unpaired) electrons. The normalized spacial score (nSPS) is 10.1. The van der Waals surface area contributed by atoms with E-state index >= 15 is 0 Å². The van der Waals surface area contributed by atoms with Gasteiger partial charge in [0.25, 0.3) is 0 Å². The maximum atomic E-state index is 8.42. The van der Waals surface area contributed by atoms with Crippen LogP contribution in [0.15, 0.2) is 18.5 Å². The maximum Gasteiger partial charge on any atom is 0.0998 e. The summed E-state index contributed by atoms with van der Waals surface area (Å²) in [6.07, 6.45) is 4.79. The van der Waals surface area contributed by atoms with Crippen LogP contribution in [0, 0.1) is 11.3 Å². The molecule has 2 rings (SSSR count). The summed E-state index contributed by atoms with van der Waals surface area (Å²) in [7, 11) is 0. The summed E-state index contributed by atoms with van der Waals surface area (Å²) in [6.45, 7) is 0. The molecule has 0 aromatic carbocycles. The molecule has 0 saturated heterocycles. The van der Waals surface area contributed by atoms with E-state index in [9.17, 15) is 0 Å². The van der Waals surface area contributed by atoms with Crippen molar-refractivity contribution in [1.29, 1.82) is 5.26 Å². The molecule has 0 atom stereocenters. The van der Waals surface area contributed by atoms with Crippen molar-refractivity contribution in [3.05, 3.63) is 23.5 Å². The van der Waals surface area contributed by atoms with Gasteiger partial charge in [-0.2, -0.15) is 5.26 Å². The van der Waals surface area contributed by atoms with Crippen molar-refractivity contribution in [2.24, 2.45) is 0 Å². The van der Waals surface area contributed by atoms with Gasteiger partial charge in [-0.1, -0.05) is 0 Å². The number of thiazole rings is 1. The molecule has 13 heavy (non-hydrogen) atoms. The Labute approximate surface area is 79.7 Å². The Balaban J connectivity index is 2.34. The first-order valence-electron chi connectivity index (χ1n) is 3.96. The number of aryl methyl sites for hydroxylation is 1. The van der Waals surface area contributed by atoms with E-state index < -0.39 is 0 Å². The fourth-order valence-electron chi connectivity index (χ4n) is 1.10. The first-order valence-corrected chi connectivity index (χ1v) is 4.78. The van der Waals surface area contributed by atoms with Crippen LogP contribution in [0.3, 0.4) is 0 Å². The Morgan fingerprint density at radius 1 is 1.54 bits per heavy atom. The summed E-state index contributed by atoms with van der Waals surface area (Å²) in [5.74, 6) is 0. The Kier molecular flexibility index (Phi) is 2.19. The third-order valence-corrected chi connectivity index (χ3v) is 2.78. The van der Waals surface area contributed by atoms with Gasteiger partial charge in [0.1, 0.15) is 0 Å². The fraction of sp³-hybridized carbons (Fsp3) is 0.222. The third kappa shape index (κ3) is 1.65. The van der Waals surface area contributed by atoms with Gasteiger partial charge >= 0.3 is 0 Å². The number of nitriles is 1. The van der Waals surface area contributed by atoms with Crippen LogP contribution < -0.4 is 0 Å². The molecule has 0 N–H and O–H groups in total. The van der Waals surface area contributed by atoms with Crippen LogP contribution in [0.4, 0.5) is 0 Å². The zero-order valence-electron chi connectivity index (χ0n) is 6.90. The second-order valence-corrected chi connectivity index (χ2v) is 3.72. The Morgan fingerprint density at radius 2 is 2.46 bits per heavy atom. The molecule has 0 unspecified atom stereocenters. The summed E-state index contributed by atoms with van der Waals surface area (Å²) >= 11 is 1.63. The number of hydrogen-bond donors (Lipinski definition) is 0. The van der Waals surface area contributed by atoms with Gasteiger partial charge in [-0.15, -0.1) is 11.3 Å². The quantitative estimate of drug-likeness (QED) is 0.727. The minimum absolute atomic E-state index is 0.535.